The van der Waals surface area contributed by atoms with Crippen LogP contribution in [-0.4, -0.2) is 49.4 Å². The largest absolute Gasteiger partial charge is 0.416 e. The van der Waals surface area contributed by atoms with Crippen molar-refractivity contribution in [2.45, 2.75) is 44.6 Å². The minimum absolute atomic E-state index is 0.0496. The van der Waals surface area contributed by atoms with Gasteiger partial charge in [-0.1, -0.05) is 0 Å². The maximum Gasteiger partial charge on any atom is 0.416 e. The molecule has 7 nitrogen and oxygen atoms in total. The molecular formula is C20H24ClF3N6OS. The van der Waals surface area contributed by atoms with E-state index < -0.39 is 11.7 Å². The molecular weight excluding hydrogens is 465 g/mol. The van der Waals surface area contributed by atoms with Crippen molar-refractivity contribution in [2.75, 3.05) is 30.7 Å². The highest BCUT2D eigenvalue weighted by Crippen LogP contribution is 2.33. The number of alkyl halides is 3. The van der Waals surface area contributed by atoms with Crippen molar-refractivity contribution < 1.29 is 18.3 Å². The molecule has 1 saturated heterocycles. The number of anilines is 2. The highest BCUT2D eigenvalue weighted by atomic mass is 35.5. The lowest BCUT2D eigenvalue weighted by Crippen LogP contribution is -2.36. The fraction of sp³-hybridized carbons (Fsp3) is 0.500. The highest BCUT2D eigenvalue weighted by molar-refractivity contribution is 7.94. The Balaban J connectivity index is 1.48. The average molecular weight is 489 g/mol. The first-order valence-electron chi connectivity index (χ1n) is 10.3. The molecule has 1 aromatic heterocycles. The summed E-state index contributed by atoms with van der Waals surface area (Å²) < 4.78 is 43.7. The molecule has 2 aliphatic rings. The van der Waals surface area contributed by atoms with Gasteiger partial charge in [-0.05, 0) is 48.2 Å². The van der Waals surface area contributed by atoms with Crippen LogP contribution in [0.5, 0.6) is 0 Å². The molecule has 32 heavy (non-hydrogen) atoms. The number of aliphatic hydroxyl groups is 1. The zero-order valence-corrected chi connectivity index (χ0v) is 18.8. The predicted molar refractivity (Wildman–Crippen MR) is 119 cm³/mol. The Morgan fingerprint density at radius 1 is 1.16 bits per heavy atom. The molecule has 174 valence electrons. The maximum absolute atomic E-state index is 13.1. The third kappa shape index (κ3) is 5.76. The molecule has 0 spiro atoms. The van der Waals surface area contributed by atoms with Crippen molar-refractivity contribution in [3.63, 3.8) is 0 Å². The van der Waals surface area contributed by atoms with E-state index in [4.69, 9.17) is 17.3 Å². The lowest BCUT2D eigenvalue weighted by atomic mass is 10.1. The lowest BCUT2D eigenvalue weighted by Gasteiger charge is -2.35. The van der Waals surface area contributed by atoms with E-state index in [1.807, 2.05) is 0 Å². The maximum atomic E-state index is 13.1. The quantitative estimate of drug-likeness (QED) is 0.333. The molecule has 0 bridgehead atoms. The first kappa shape index (κ1) is 23.4. The van der Waals surface area contributed by atoms with Crippen LogP contribution in [0.15, 0.2) is 18.2 Å². The number of aliphatic hydroxyl groups excluding tert-OH is 1. The van der Waals surface area contributed by atoms with Gasteiger partial charge in [0.05, 0.1) is 17.4 Å². The number of nitrogen functional groups attached to an aromatic ring is 1. The number of piperidine rings is 1. The van der Waals surface area contributed by atoms with E-state index in [9.17, 15) is 18.3 Å². The normalized spacial score (nSPS) is 18.5. The molecule has 0 radical (unpaired) electrons. The number of nitrogens with zero attached hydrogens (tertiary/aromatic N) is 4. The van der Waals surface area contributed by atoms with Gasteiger partial charge < -0.3 is 16.2 Å². The summed E-state index contributed by atoms with van der Waals surface area (Å²) >= 11 is 7.74. The van der Waals surface area contributed by atoms with Crippen molar-refractivity contribution in [2.24, 2.45) is 0 Å². The molecule has 1 fully saturated rings. The zero-order chi connectivity index (χ0) is 22.9. The molecule has 1 aromatic carbocycles. The van der Waals surface area contributed by atoms with Gasteiger partial charge in [-0.15, -0.1) is 0 Å². The summed E-state index contributed by atoms with van der Waals surface area (Å²) in [5, 5.41) is 12.9. The van der Waals surface area contributed by atoms with E-state index in [0.717, 1.165) is 55.9 Å². The van der Waals surface area contributed by atoms with Gasteiger partial charge in [0.25, 0.3) is 0 Å². The van der Waals surface area contributed by atoms with Crippen LogP contribution in [0.2, 0.25) is 5.28 Å². The highest BCUT2D eigenvalue weighted by Gasteiger charge is 2.31. The summed E-state index contributed by atoms with van der Waals surface area (Å²) in [4.78, 5) is 8.64. The van der Waals surface area contributed by atoms with E-state index in [1.165, 1.54) is 6.07 Å². The van der Waals surface area contributed by atoms with Crippen LogP contribution < -0.4 is 11.1 Å². The van der Waals surface area contributed by atoms with E-state index in [2.05, 4.69) is 23.9 Å². The molecule has 2 aromatic rings. The van der Waals surface area contributed by atoms with Crippen molar-refractivity contribution in [3.05, 3.63) is 45.9 Å². The van der Waals surface area contributed by atoms with E-state index in [-0.39, 0.29) is 23.6 Å². The summed E-state index contributed by atoms with van der Waals surface area (Å²) in [6, 6.07) is 3.50. The second-order valence-electron chi connectivity index (χ2n) is 7.94. The second-order valence-corrected chi connectivity index (χ2v) is 9.47. The molecule has 4 N–H and O–H groups in total. The SMILES string of the molecule is Nc1cc(CNc2nc(Cl)nc3c2CN(SN2CCC(O)CC2)CC3)cc(C(F)(F)F)c1. The monoisotopic (exact) mass is 488 g/mol. The second kappa shape index (κ2) is 9.60. The molecule has 2 aliphatic heterocycles. The number of fused-ring (bicyclic) bond motifs is 1. The van der Waals surface area contributed by atoms with Gasteiger partial charge in [0.15, 0.2) is 0 Å². The first-order valence-corrected chi connectivity index (χ1v) is 11.4. The molecule has 4 rings (SSSR count). The van der Waals surface area contributed by atoms with Gasteiger partial charge in [-0.25, -0.2) is 18.6 Å². The number of aromatic nitrogens is 2. The topological polar surface area (TPSA) is 90.5 Å². The molecule has 0 saturated carbocycles. The number of nitrogens with two attached hydrogens (primary N) is 1. The molecule has 0 amide bonds. The number of hydrogen-bond donors (Lipinski definition) is 3. The number of nitrogens with one attached hydrogen (secondary N) is 1. The fourth-order valence-electron chi connectivity index (χ4n) is 3.83. The minimum Gasteiger partial charge on any atom is -0.399 e. The Morgan fingerprint density at radius 3 is 2.62 bits per heavy atom. The smallest absolute Gasteiger partial charge is 0.399 e. The van der Waals surface area contributed by atoms with E-state index in [1.54, 1.807) is 12.1 Å². The third-order valence-corrected chi connectivity index (χ3v) is 6.76. The van der Waals surface area contributed by atoms with Crippen LogP contribution in [0.4, 0.5) is 24.7 Å². The summed E-state index contributed by atoms with van der Waals surface area (Å²) in [6.45, 7) is 3.10. The standard InChI is InChI=1S/C20H24ClF3N6OS/c21-19-27-17-3-6-30(32-29-4-1-15(31)2-5-29)11-16(17)18(28-19)26-10-12-7-13(20(22,23)24)9-14(25)8-12/h7-9,15,31H,1-6,10-11,25H2,(H,26,27,28). The van der Waals surface area contributed by atoms with Gasteiger partial charge in [0.1, 0.15) is 5.82 Å². The Hall–Kier alpha value is -1.79. The van der Waals surface area contributed by atoms with Crippen molar-refractivity contribution in [1.29, 1.82) is 0 Å². The number of halogens is 4. The summed E-state index contributed by atoms with van der Waals surface area (Å²) in [6.07, 6.45) is -2.51. The number of benzene rings is 1. The Kier molecular flexibility index (Phi) is 7.01. The summed E-state index contributed by atoms with van der Waals surface area (Å²) in [5.74, 6) is 0.510. The van der Waals surface area contributed by atoms with Crippen molar-refractivity contribution in [3.8, 4) is 0 Å². The van der Waals surface area contributed by atoms with Crippen molar-refractivity contribution in [1.82, 2.24) is 18.6 Å². The van der Waals surface area contributed by atoms with Crippen LogP contribution in [-0.2, 0) is 25.7 Å². The number of rotatable bonds is 5. The Morgan fingerprint density at radius 2 is 1.91 bits per heavy atom. The van der Waals surface area contributed by atoms with Gasteiger partial charge >= 0.3 is 6.18 Å². The zero-order valence-electron chi connectivity index (χ0n) is 17.2. The minimum atomic E-state index is -4.47. The van der Waals surface area contributed by atoms with Crippen LogP contribution in [0, 0.1) is 0 Å². The fourth-order valence-corrected chi connectivity index (χ4v) is 5.08. The Bertz CT molecular complexity index is 971. The van der Waals surface area contributed by atoms with Crippen LogP contribution in [0.1, 0.15) is 35.2 Å². The molecule has 3 heterocycles. The van der Waals surface area contributed by atoms with Crippen LogP contribution in [0.3, 0.4) is 0 Å². The molecule has 0 unspecified atom stereocenters. The summed E-state index contributed by atoms with van der Waals surface area (Å²) in [5.41, 5.74) is 7.05. The van der Waals surface area contributed by atoms with E-state index >= 15 is 0 Å². The Labute approximate surface area is 193 Å². The van der Waals surface area contributed by atoms with Crippen LogP contribution in [0.25, 0.3) is 0 Å². The molecule has 0 atom stereocenters. The number of hydrogen-bond acceptors (Lipinski definition) is 8. The van der Waals surface area contributed by atoms with Crippen molar-refractivity contribution >= 4 is 35.2 Å². The van der Waals surface area contributed by atoms with Gasteiger partial charge in [-0.2, -0.15) is 13.2 Å². The lowest BCUT2D eigenvalue weighted by molar-refractivity contribution is -0.137. The van der Waals surface area contributed by atoms with Gasteiger partial charge in [0.2, 0.25) is 5.28 Å². The third-order valence-electron chi connectivity index (χ3n) is 5.45. The average Bonchev–Trinajstić information content (AvgIpc) is 2.73. The van der Waals surface area contributed by atoms with Gasteiger partial charge in [-0.3, -0.25) is 0 Å². The van der Waals surface area contributed by atoms with E-state index in [0.29, 0.717) is 24.3 Å². The predicted octanol–water partition coefficient (Wildman–Crippen LogP) is 3.72. The first-order chi connectivity index (χ1) is 15.2. The summed E-state index contributed by atoms with van der Waals surface area (Å²) in [7, 11) is 0. The van der Waals surface area contributed by atoms with Gasteiger partial charge in [0, 0.05) is 62.5 Å². The molecule has 12 heteroatoms. The van der Waals surface area contributed by atoms with Crippen LogP contribution >= 0.6 is 23.7 Å². The molecule has 0 aliphatic carbocycles.